The van der Waals surface area contributed by atoms with E-state index in [0.29, 0.717) is 17.2 Å². The summed E-state index contributed by atoms with van der Waals surface area (Å²) < 4.78 is 13.2. The fraction of sp³-hybridized carbons (Fsp3) is 0.231. The SMILES string of the molecule is CCCc1cc(NN)nc(-c2ccc(F)c(Cl)c2)n1. The molecule has 2 rings (SSSR count). The van der Waals surface area contributed by atoms with Crippen LogP contribution in [0.3, 0.4) is 0 Å². The van der Waals surface area contributed by atoms with E-state index in [4.69, 9.17) is 17.4 Å². The molecule has 1 aromatic heterocycles. The Bertz CT molecular complexity index is 589. The number of halogens is 2. The van der Waals surface area contributed by atoms with Crippen molar-refractivity contribution in [1.29, 1.82) is 0 Å². The minimum atomic E-state index is -0.465. The highest BCUT2D eigenvalue weighted by atomic mass is 35.5. The number of hydrogen-bond donors (Lipinski definition) is 2. The number of rotatable bonds is 4. The van der Waals surface area contributed by atoms with E-state index in [9.17, 15) is 4.39 Å². The van der Waals surface area contributed by atoms with Crippen molar-refractivity contribution in [1.82, 2.24) is 9.97 Å². The monoisotopic (exact) mass is 280 g/mol. The summed E-state index contributed by atoms with van der Waals surface area (Å²) in [4.78, 5) is 8.67. The quantitative estimate of drug-likeness (QED) is 0.667. The molecular weight excluding hydrogens is 267 g/mol. The average molecular weight is 281 g/mol. The third-order valence-corrected chi connectivity index (χ3v) is 2.90. The Kier molecular flexibility index (Phi) is 4.29. The molecule has 0 unspecified atom stereocenters. The van der Waals surface area contributed by atoms with Gasteiger partial charge in [-0.3, -0.25) is 0 Å². The maximum atomic E-state index is 13.2. The van der Waals surface area contributed by atoms with Crippen LogP contribution in [0.1, 0.15) is 19.0 Å². The normalized spacial score (nSPS) is 10.5. The molecule has 0 radical (unpaired) electrons. The van der Waals surface area contributed by atoms with Gasteiger partial charge >= 0.3 is 0 Å². The summed E-state index contributed by atoms with van der Waals surface area (Å²) in [5, 5.41) is 0.0456. The Morgan fingerprint density at radius 1 is 1.32 bits per heavy atom. The van der Waals surface area contributed by atoms with E-state index >= 15 is 0 Å². The van der Waals surface area contributed by atoms with Crippen LogP contribution in [0.15, 0.2) is 24.3 Å². The second-order valence-corrected chi connectivity index (χ2v) is 4.50. The molecule has 1 heterocycles. The highest BCUT2D eigenvalue weighted by Crippen LogP contribution is 2.23. The molecule has 0 saturated carbocycles. The molecule has 0 aliphatic rings. The van der Waals surface area contributed by atoms with Crippen LogP contribution in [0.5, 0.6) is 0 Å². The number of hydrazine groups is 1. The van der Waals surface area contributed by atoms with E-state index in [0.717, 1.165) is 18.5 Å². The van der Waals surface area contributed by atoms with E-state index in [-0.39, 0.29) is 5.02 Å². The molecule has 2 aromatic rings. The number of nitrogens with zero attached hydrogens (tertiary/aromatic N) is 2. The molecule has 0 spiro atoms. The molecule has 0 aliphatic carbocycles. The summed E-state index contributed by atoms with van der Waals surface area (Å²) in [6.45, 7) is 2.06. The number of aryl methyl sites for hydroxylation is 1. The van der Waals surface area contributed by atoms with Gasteiger partial charge in [-0.05, 0) is 24.6 Å². The van der Waals surface area contributed by atoms with Crippen molar-refractivity contribution in [2.75, 3.05) is 5.43 Å². The Balaban J connectivity index is 2.47. The van der Waals surface area contributed by atoms with E-state index < -0.39 is 5.82 Å². The van der Waals surface area contributed by atoms with Gasteiger partial charge in [-0.25, -0.2) is 20.2 Å². The first-order valence-corrected chi connectivity index (χ1v) is 6.32. The fourth-order valence-electron chi connectivity index (χ4n) is 1.72. The van der Waals surface area contributed by atoms with E-state index in [1.807, 2.05) is 0 Å². The van der Waals surface area contributed by atoms with Crippen LogP contribution in [-0.2, 0) is 6.42 Å². The second-order valence-electron chi connectivity index (χ2n) is 4.09. The van der Waals surface area contributed by atoms with Crippen molar-refractivity contribution < 1.29 is 4.39 Å². The van der Waals surface area contributed by atoms with E-state index in [2.05, 4.69) is 22.3 Å². The molecule has 0 bridgehead atoms. The summed E-state index contributed by atoms with van der Waals surface area (Å²) >= 11 is 5.77. The zero-order valence-electron chi connectivity index (χ0n) is 10.5. The smallest absolute Gasteiger partial charge is 0.161 e. The molecule has 3 N–H and O–H groups in total. The third-order valence-electron chi connectivity index (χ3n) is 2.61. The number of nitrogens with one attached hydrogen (secondary N) is 1. The number of hydrogen-bond acceptors (Lipinski definition) is 4. The van der Waals surface area contributed by atoms with Crippen molar-refractivity contribution in [3.05, 3.63) is 40.8 Å². The van der Waals surface area contributed by atoms with Gasteiger partial charge in [-0.2, -0.15) is 0 Å². The fourth-order valence-corrected chi connectivity index (χ4v) is 1.90. The Morgan fingerprint density at radius 2 is 2.11 bits per heavy atom. The lowest BCUT2D eigenvalue weighted by Crippen LogP contribution is -2.10. The topological polar surface area (TPSA) is 63.8 Å². The van der Waals surface area contributed by atoms with Crippen molar-refractivity contribution in [3.8, 4) is 11.4 Å². The number of aromatic nitrogens is 2. The van der Waals surface area contributed by atoms with Gasteiger partial charge in [0.1, 0.15) is 11.6 Å². The first-order chi connectivity index (χ1) is 9.13. The van der Waals surface area contributed by atoms with Gasteiger partial charge < -0.3 is 5.43 Å². The summed E-state index contributed by atoms with van der Waals surface area (Å²) in [6.07, 6.45) is 1.78. The maximum absolute atomic E-state index is 13.2. The van der Waals surface area contributed by atoms with E-state index in [1.54, 1.807) is 12.1 Å². The first-order valence-electron chi connectivity index (χ1n) is 5.94. The number of anilines is 1. The molecule has 0 atom stereocenters. The van der Waals surface area contributed by atoms with Gasteiger partial charge in [0.15, 0.2) is 5.82 Å². The largest absolute Gasteiger partial charge is 0.308 e. The van der Waals surface area contributed by atoms with Crippen molar-refractivity contribution >= 4 is 17.4 Å². The molecule has 1 aromatic carbocycles. The Hall–Kier alpha value is -1.72. The Morgan fingerprint density at radius 3 is 2.74 bits per heavy atom. The lowest BCUT2D eigenvalue weighted by molar-refractivity contribution is 0.628. The summed E-state index contributed by atoms with van der Waals surface area (Å²) in [6, 6.07) is 6.18. The summed E-state index contributed by atoms with van der Waals surface area (Å²) in [7, 11) is 0. The molecule has 0 saturated heterocycles. The lowest BCUT2D eigenvalue weighted by atomic mass is 10.2. The molecular formula is C13H14ClFN4. The maximum Gasteiger partial charge on any atom is 0.161 e. The van der Waals surface area contributed by atoms with Gasteiger partial charge in [-0.1, -0.05) is 24.9 Å². The molecule has 0 aliphatic heterocycles. The van der Waals surface area contributed by atoms with Gasteiger partial charge in [0.25, 0.3) is 0 Å². The van der Waals surface area contributed by atoms with Crippen LogP contribution in [0, 0.1) is 5.82 Å². The highest BCUT2D eigenvalue weighted by molar-refractivity contribution is 6.31. The van der Waals surface area contributed by atoms with Crippen molar-refractivity contribution in [3.63, 3.8) is 0 Å². The number of benzene rings is 1. The predicted octanol–water partition coefficient (Wildman–Crippen LogP) is 3.17. The van der Waals surface area contributed by atoms with Crippen LogP contribution in [0.2, 0.25) is 5.02 Å². The van der Waals surface area contributed by atoms with Gasteiger partial charge in [0.05, 0.1) is 5.02 Å². The van der Waals surface area contributed by atoms with Crippen LogP contribution in [0.4, 0.5) is 10.2 Å². The summed E-state index contributed by atoms with van der Waals surface area (Å²) in [5.41, 5.74) is 4.03. The highest BCUT2D eigenvalue weighted by Gasteiger charge is 2.08. The van der Waals surface area contributed by atoms with Crippen LogP contribution >= 0.6 is 11.6 Å². The third kappa shape index (κ3) is 3.19. The summed E-state index contributed by atoms with van der Waals surface area (Å²) in [5.74, 6) is 5.92. The first kappa shape index (κ1) is 13.7. The molecule has 0 fully saturated rings. The average Bonchev–Trinajstić information content (AvgIpc) is 2.42. The van der Waals surface area contributed by atoms with E-state index in [1.165, 1.54) is 12.1 Å². The van der Waals surface area contributed by atoms with Gasteiger partial charge in [0, 0.05) is 17.3 Å². The molecule has 0 amide bonds. The lowest BCUT2D eigenvalue weighted by Gasteiger charge is -2.07. The van der Waals surface area contributed by atoms with Crippen molar-refractivity contribution in [2.24, 2.45) is 5.84 Å². The van der Waals surface area contributed by atoms with Crippen molar-refractivity contribution in [2.45, 2.75) is 19.8 Å². The molecule has 19 heavy (non-hydrogen) atoms. The van der Waals surface area contributed by atoms with Gasteiger partial charge in [-0.15, -0.1) is 0 Å². The standard InChI is InChI=1S/C13H14ClFN4/c1-2-3-9-7-12(19-16)18-13(17-9)8-4-5-11(15)10(14)6-8/h4-7H,2-3,16H2,1H3,(H,17,18,19). The van der Waals surface area contributed by atoms with Gasteiger partial charge in [0.2, 0.25) is 0 Å². The van der Waals surface area contributed by atoms with Crippen LogP contribution in [-0.4, -0.2) is 9.97 Å². The molecule has 100 valence electrons. The Labute approximate surface area is 115 Å². The minimum Gasteiger partial charge on any atom is -0.308 e. The molecule has 6 heteroatoms. The van der Waals surface area contributed by atoms with Crippen LogP contribution in [0.25, 0.3) is 11.4 Å². The zero-order valence-corrected chi connectivity index (χ0v) is 11.2. The molecule has 4 nitrogen and oxygen atoms in total. The minimum absolute atomic E-state index is 0.0456. The number of nitrogens with two attached hydrogens (primary N) is 1. The predicted molar refractivity (Wildman–Crippen MR) is 74.2 cm³/mol. The second kappa shape index (κ2) is 5.95. The zero-order chi connectivity index (χ0) is 13.8. The number of nitrogen functional groups attached to an aromatic ring is 1. The van der Waals surface area contributed by atoms with Crippen LogP contribution < -0.4 is 11.3 Å².